The molecule has 25 heavy (non-hydrogen) atoms. The molecule has 3 rings (SSSR count). The number of aromatic amines is 1. The summed E-state index contributed by atoms with van der Waals surface area (Å²) in [7, 11) is 0. The summed E-state index contributed by atoms with van der Waals surface area (Å²) in [5.41, 5.74) is 1.64. The van der Waals surface area contributed by atoms with Gasteiger partial charge in [-0.25, -0.2) is 0 Å². The normalized spacial score (nSPS) is 12.3. The van der Waals surface area contributed by atoms with Crippen molar-refractivity contribution < 1.29 is 9.32 Å². The fraction of sp³-hybridized carbons (Fsp3) is 0.353. The number of hydrogen-bond acceptors (Lipinski definition) is 6. The average molecular weight is 340 g/mol. The maximum absolute atomic E-state index is 12.4. The van der Waals surface area contributed by atoms with Crippen LogP contribution < -0.4 is 5.32 Å². The SMILES string of the molecule is CC(C)Cc1noc([C@H](C)NC(=O)c2cc(-c3ccccn3)n[nH]2)n1. The van der Waals surface area contributed by atoms with Gasteiger partial charge in [0, 0.05) is 12.6 Å². The van der Waals surface area contributed by atoms with Gasteiger partial charge in [0.2, 0.25) is 5.89 Å². The third-order valence-corrected chi connectivity index (χ3v) is 3.54. The fourth-order valence-electron chi connectivity index (χ4n) is 2.31. The van der Waals surface area contributed by atoms with E-state index in [1.807, 2.05) is 18.2 Å². The zero-order valence-electron chi connectivity index (χ0n) is 14.4. The van der Waals surface area contributed by atoms with Crippen molar-refractivity contribution in [1.29, 1.82) is 0 Å². The second-order valence-electron chi connectivity index (χ2n) is 6.22. The Morgan fingerprint density at radius 2 is 2.12 bits per heavy atom. The van der Waals surface area contributed by atoms with Gasteiger partial charge in [0.05, 0.1) is 5.69 Å². The van der Waals surface area contributed by atoms with Gasteiger partial charge in [-0.1, -0.05) is 25.1 Å². The number of hydrogen-bond donors (Lipinski definition) is 2. The predicted octanol–water partition coefficient (Wildman–Crippen LogP) is 2.54. The Kier molecular flexibility index (Phi) is 4.87. The summed E-state index contributed by atoms with van der Waals surface area (Å²) < 4.78 is 5.23. The largest absolute Gasteiger partial charge is 0.339 e. The Morgan fingerprint density at radius 3 is 2.84 bits per heavy atom. The molecule has 3 aromatic rings. The molecule has 0 radical (unpaired) electrons. The Labute approximate surface area is 145 Å². The third kappa shape index (κ3) is 4.09. The van der Waals surface area contributed by atoms with Gasteiger partial charge in [-0.05, 0) is 31.0 Å². The molecule has 0 saturated heterocycles. The van der Waals surface area contributed by atoms with Crippen molar-refractivity contribution >= 4 is 5.91 Å². The quantitative estimate of drug-likeness (QED) is 0.713. The van der Waals surface area contributed by atoms with E-state index in [1.54, 1.807) is 19.2 Å². The minimum absolute atomic E-state index is 0.300. The Balaban J connectivity index is 1.66. The van der Waals surface area contributed by atoms with Gasteiger partial charge >= 0.3 is 0 Å². The maximum Gasteiger partial charge on any atom is 0.269 e. The zero-order valence-corrected chi connectivity index (χ0v) is 14.4. The van der Waals surface area contributed by atoms with Gasteiger partial charge in [-0.3, -0.25) is 14.9 Å². The van der Waals surface area contributed by atoms with Gasteiger partial charge in [0.15, 0.2) is 5.82 Å². The smallest absolute Gasteiger partial charge is 0.269 e. The molecule has 1 amide bonds. The molecule has 0 aromatic carbocycles. The molecule has 0 aliphatic carbocycles. The van der Waals surface area contributed by atoms with Crippen molar-refractivity contribution in [2.75, 3.05) is 0 Å². The highest BCUT2D eigenvalue weighted by Crippen LogP contribution is 2.16. The van der Waals surface area contributed by atoms with Gasteiger partial charge < -0.3 is 9.84 Å². The summed E-state index contributed by atoms with van der Waals surface area (Å²) in [4.78, 5) is 20.9. The Hall–Kier alpha value is -3.03. The minimum Gasteiger partial charge on any atom is -0.339 e. The molecule has 0 bridgehead atoms. The van der Waals surface area contributed by atoms with Gasteiger partial charge in [-0.15, -0.1) is 0 Å². The van der Waals surface area contributed by atoms with Crippen molar-refractivity contribution in [3.63, 3.8) is 0 Å². The van der Waals surface area contributed by atoms with Crippen molar-refractivity contribution in [3.05, 3.63) is 47.9 Å². The summed E-state index contributed by atoms with van der Waals surface area (Å²) in [5.74, 6) is 1.16. The second-order valence-corrected chi connectivity index (χ2v) is 6.22. The van der Waals surface area contributed by atoms with Crippen LogP contribution in [0.1, 0.15) is 49.0 Å². The molecule has 0 aliphatic heterocycles. The van der Waals surface area contributed by atoms with Crippen LogP contribution in [0.15, 0.2) is 35.0 Å². The van der Waals surface area contributed by atoms with E-state index in [2.05, 4.69) is 44.5 Å². The molecule has 0 aliphatic rings. The molecule has 2 N–H and O–H groups in total. The van der Waals surface area contributed by atoms with E-state index in [4.69, 9.17) is 4.52 Å². The highest BCUT2D eigenvalue weighted by molar-refractivity contribution is 5.93. The molecule has 3 heterocycles. The van der Waals surface area contributed by atoms with E-state index in [0.29, 0.717) is 34.7 Å². The van der Waals surface area contributed by atoms with Gasteiger partial charge in [0.25, 0.3) is 5.91 Å². The number of aromatic nitrogens is 5. The van der Waals surface area contributed by atoms with Crippen molar-refractivity contribution in [3.8, 4) is 11.4 Å². The summed E-state index contributed by atoms with van der Waals surface area (Å²) in [6.07, 6.45) is 2.41. The lowest BCUT2D eigenvalue weighted by atomic mass is 10.1. The number of amides is 1. The van der Waals surface area contributed by atoms with Crippen LogP contribution in [0, 0.1) is 5.92 Å². The van der Waals surface area contributed by atoms with E-state index in [-0.39, 0.29) is 5.91 Å². The van der Waals surface area contributed by atoms with Crippen molar-refractivity contribution in [2.45, 2.75) is 33.2 Å². The first-order valence-electron chi connectivity index (χ1n) is 8.13. The van der Waals surface area contributed by atoms with Crippen LogP contribution in [0.2, 0.25) is 0 Å². The summed E-state index contributed by atoms with van der Waals surface area (Å²) in [6, 6.07) is 6.77. The van der Waals surface area contributed by atoms with Crippen LogP contribution in [-0.4, -0.2) is 31.2 Å². The number of H-pyrrole nitrogens is 1. The molecule has 1 atom stereocenters. The van der Waals surface area contributed by atoms with E-state index < -0.39 is 6.04 Å². The van der Waals surface area contributed by atoms with E-state index in [0.717, 1.165) is 6.42 Å². The minimum atomic E-state index is -0.400. The first-order chi connectivity index (χ1) is 12.0. The molecular weight excluding hydrogens is 320 g/mol. The highest BCUT2D eigenvalue weighted by atomic mass is 16.5. The van der Waals surface area contributed by atoms with Crippen LogP contribution in [0.25, 0.3) is 11.4 Å². The average Bonchev–Trinajstić information content (AvgIpc) is 3.24. The van der Waals surface area contributed by atoms with Crippen LogP contribution >= 0.6 is 0 Å². The zero-order chi connectivity index (χ0) is 17.8. The summed E-state index contributed by atoms with van der Waals surface area (Å²) >= 11 is 0. The standard InChI is InChI=1S/C17H20N6O2/c1-10(2)8-15-20-17(25-23-15)11(3)19-16(24)14-9-13(21-22-14)12-6-4-5-7-18-12/h4-7,9-11H,8H2,1-3H3,(H,19,24)(H,21,22)/t11-/m0/s1. The Bertz CT molecular complexity index is 840. The van der Waals surface area contributed by atoms with E-state index in [9.17, 15) is 4.79 Å². The van der Waals surface area contributed by atoms with E-state index in [1.165, 1.54) is 0 Å². The lowest BCUT2D eigenvalue weighted by Gasteiger charge is -2.07. The topological polar surface area (TPSA) is 110 Å². The first-order valence-corrected chi connectivity index (χ1v) is 8.13. The highest BCUT2D eigenvalue weighted by Gasteiger charge is 2.19. The summed E-state index contributed by atoms with van der Waals surface area (Å²) in [6.45, 7) is 5.96. The van der Waals surface area contributed by atoms with Crippen LogP contribution in [0.4, 0.5) is 0 Å². The molecule has 130 valence electrons. The Morgan fingerprint density at radius 1 is 1.28 bits per heavy atom. The monoisotopic (exact) mass is 340 g/mol. The molecule has 0 unspecified atom stereocenters. The molecule has 0 saturated carbocycles. The van der Waals surface area contributed by atoms with Gasteiger partial charge in [0.1, 0.15) is 17.4 Å². The maximum atomic E-state index is 12.4. The first kappa shape index (κ1) is 16.8. The third-order valence-electron chi connectivity index (χ3n) is 3.54. The van der Waals surface area contributed by atoms with Crippen LogP contribution in [0.5, 0.6) is 0 Å². The fourth-order valence-corrected chi connectivity index (χ4v) is 2.31. The number of carbonyl (C=O) groups excluding carboxylic acids is 1. The lowest BCUT2D eigenvalue weighted by Crippen LogP contribution is -2.27. The number of nitrogens with one attached hydrogen (secondary N) is 2. The molecular formula is C17H20N6O2. The van der Waals surface area contributed by atoms with Crippen molar-refractivity contribution in [1.82, 2.24) is 30.6 Å². The molecule has 8 heteroatoms. The number of carbonyl (C=O) groups is 1. The van der Waals surface area contributed by atoms with Gasteiger partial charge in [-0.2, -0.15) is 10.1 Å². The number of pyridine rings is 1. The second kappa shape index (κ2) is 7.25. The van der Waals surface area contributed by atoms with E-state index >= 15 is 0 Å². The summed E-state index contributed by atoms with van der Waals surface area (Å²) in [5, 5.41) is 13.6. The predicted molar refractivity (Wildman–Crippen MR) is 90.5 cm³/mol. The number of rotatable bonds is 6. The molecule has 3 aromatic heterocycles. The molecule has 0 fully saturated rings. The van der Waals surface area contributed by atoms with Crippen molar-refractivity contribution in [2.24, 2.45) is 5.92 Å². The van der Waals surface area contributed by atoms with Crippen LogP contribution in [0.3, 0.4) is 0 Å². The molecule has 8 nitrogen and oxygen atoms in total. The van der Waals surface area contributed by atoms with Crippen LogP contribution in [-0.2, 0) is 6.42 Å². The number of nitrogens with zero attached hydrogens (tertiary/aromatic N) is 4. The lowest BCUT2D eigenvalue weighted by molar-refractivity contribution is 0.0927. The molecule has 0 spiro atoms.